The van der Waals surface area contributed by atoms with Gasteiger partial charge in [0.05, 0.1) is 0 Å². The fourth-order valence-electron chi connectivity index (χ4n) is 1.94. The molecular formula is C16H23NO4. The lowest BCUT2D eigenvalue weighted by molar-refractivity contribution is -0.137. The molecule has 0 aliphatic carbocycles. The fourth-order valence-corrected chi connectivity index (χ4v) is 1.94. The lowest BCUT2D eigenvalue weighted by atomic mass is 10.0. The molecule has 0 aliphatic heterocycles. The van der Waals surface area contributed by atoms with E-state index in [2.05, 4.69) is 12.2 Å². The highest BCUT2D eigenvalue weighted by atomic mass is 16.5. The SMILES string of the molecule is C[C@@H](CCCC(=O)O)CCNC(=O)OCc1ccccc1. The Morgan fingerprint density at radius 2 is 1.95 bits per heavy atom. The van der Waals surface area contributed by atoms with Crippen LogP contribution in [0.1, 0.15) is 38.2 Å². The van der Waals surface area contributed by atoms with Gasteiger partial charge >= 0.3 is 12.1 Å². The molecule has 0 aromatic heterocycles. The van der Waals surface area contributed by atoms with E-state index in [-0.39, 0.29) is 13.0 Å². The number of carboxylic acids is 1. The van der Waals surface area contributed by atoms with Gasteiger partial charge in [-0.25, -0.2) is 4.79 Å². The highest BCUT2D eigenvalue weighted by molar-refractivity contribution is 5.67. The van der Waals surface area contributed by atoms with Crippen molar-refractivity contribution in [3.8, 4) is 0 Å². The second-order valence-corrected chi connectivity index (χ2v) is 5.17. The lowest BCUT2D eigenvalue weighted by Gasteiger charge is -2.11. The van der Waals surface area contributed by atoms with Crippen molar-refractivity contribution in [1.82, 2.24) is 5.32 Å². The van der Waals surface area contributed by atoms with Crippen LogP contribution in [-0.2, 0) is 16.1 Å². The van der Waals surface area contributed by atoms with Crippen molar-refractivity contribution in [2.75, 3.05) is 6.54 Å². The average Bonchev–Trinajstić information content (AvgIpc) is 2.46. The van der Waals surface area contributed by atoms with Crippen LogP contribution in [0.4, 0.5) is 4.79 Å². The van der Waals surface area contributed by atoms with Crippen LogP contribution in [0.3, 0.4) is 0 Å². The van der Waals surface area contributed by atoms with Gasteiger partial charge in [0.15, 0.2) is 0 Å². The number of aliphatic carboxylic acids is 1. The van der Waals surface area contributed by atoms with Crippen LogP contribution in [0.2, 0.25) is 0 Å². The van der Waals surface area contributed by atoms with Gasteiger partial charge < -0.3 is 15.2 Å². The number of amides is 1. The topological polar surface area (TPSA) is 75.6 Å². The first-order valence-corrected chi connectivity index (χ1v) is 7.24. The van der Waals surface area contributed by atoms with Crippen LogP contribution in [0.15, 0.2) is 30.3 Å². The van der Waals surface area contributed by atoms with Gasteiger partial charge in [0.25, 0.3) is 0 Å². The molecule has 0 unspecified atom stereocenters. The molecule has 5 nitrogen and oxygen atoms in total. The van der Waals surface area contributed by atoms with Crippen LogP contribution >= 0.6 is 0 Å². The summed E-state index contributed by atoms with van der Waals surface area (Å²) >= 11 is 0. The maximum atomic E-state index is 11.5. The van der Waals surface area contributed by atoms with Gasteiger partial charge in [-0.3, -0.25) is 4.79 Å². The first-order valence-electron chi connectivity index (χ1n) is 7.24. The first-order chi connectivity index (χ1) is 10.1. The highest BCUT2D eigenvalue weighted by Gasteiger charge is 2.06. The van der Waals surface area contributed by atoms with E-state index in [0.29, 0.717) is 18.9 Å². The van der Waals surface area contributed by atoms with Gasteiger partial charge in [-0.15, -0.1) is 0 Å². The van der Waals surface area contributed by atoms with E-state index in [1.165, 1.54) is 0 Å². The van der Waals surface area contributed by atoms with Crippen LogP contribution in [0.5, 0.6) is 0 Å². The van der Waals surface area contributed by atoms with Crippen molar-refractivity contribution in [1.29, 1.82) is 0 Å². The third kappa shape index (κ3) is 8.68. The average molecular weight is 293 g/mol. The molecule has 1 amide bonds. The van der Waals surface area contributed by atoms with Gasteiger partial charge in [-0.1, -0.05) is 43.7 Å². The Morgan fingerprint density at radius 1 is 1.24 bits per heavy atom. The number of hydrogen-bond acceptors (Lipinski definition) is 3. The highest BCUT2D eigenvalue weighted by Crippen LogP contribution is 2.11. The summed E-state index contributed by atoms with van der Waals surface area (Å²) in [5.41, 5.74) is 0.953. The number of ether oxygens (including phenoxy) is 1. The maximum Gasteiger partial charge on any atom is 0.407 e. The standard InChI is InChI=1S/C16H23NO4/c1-13(6-5-9-15(18)19)10-11-17-16(20)21-12-14-7-3-2-4-8-14/h2-4,7-8,13H,5-6,9-12H2,1H3,(H,17,20)(H,18,19)/t13-/m0/s1. The zero-order valence-corrected chi connectivity index (χ0v) is 12.4. The largest absolute Gasteiger partial charge is 0.481 e. The Kier molecular flexibility index (Phi) is 7.94. The molecule has 0 bridgehead atoms. The molecule has 1 atom stereocenters. The van der Waals surface area contributed by atoms with Crippen molar-refractivity contribution in [2.24, 2.45) is 5.92 Å². The number of rotatable bonds is 9. The Bertz CT molecular complexity index is 433. The molecule has 2 N–H and O–H groups in total. The van der Waals surface area contributed by atoms with Crippen molar-refractivity contribution >= 4 is 12.1 Å². The van der Waals surface area contributed by atoms with Gasteiger partial charge in [0, 0.05) is 13.0 Å². The van der Waals surface area contributed by atoms with Crippen molar-refractivity contribution in [3.63, 3.8) is 0 Å². The fraction of sp³-hybridized carbons (Fsp3) is 0.500. The zero-order chi connectivity index (χ0) is 15.5. The normalized spacial score (nSPS) is 11.7. The Balaban J connectivity index is 2.06. The summed E-state index contributed by atoms with van der Waals surface area (Å²) in [7, 11) is 0. The molecule has 0 heterocycles. The minimum Gasteiger partial charge on any atom is -0.481 e. The molecule has 0 radical (unpaired) electrons. The van der Waals surface area contributed by atoms with E-state index < -0.39 is 12.1 Å². The van der Waals surface area contributed by atoms with Crippen LogP contribution in [0.25, 0.3) is 0 Å². The smallest absolute Gasteiger partial charge is 0.407 e. The number of carbonyl (C=O) groups excluding carboxylic acids is 1. The van der Waals surface area contributed by atoms with E-state index in [1.807, 2.05) is 30.3 Å². The van der Waals surface area contributed by atoms with Gasteiger partial charge in [-0.05, 0) is 24.3 Å². The summed E-state index contributed by atoms with van der Waals surface area (Å²) < 4.78 is 5.09. The second-order valence-electron chi connectivity index (χ2n) is 5.17. The number of carboxylic acid groups (broad SMARTS) is 1. The third-order valence-electron chi connectivity index (χ3n) is 3.21. The number of alkyl carbamates (subject to hydrolysis) is 1. The quantitative estimate of drug-likeness (QED) is 0.733. The molecule has 0 aliphatic rings. The maximum absolute atomic E-state index is 11.5. The summed E-state index contributed by atoms with van der Waals surface area (Å²) in [6.45, 7) is 2.86. The molecule has 0 spiro atoms. The van der Waals surface area contributed by atoms with Crippen LogP contribution in [0, 0.1) is 5.92 Å². The molecular weight excluding hydrogens is 270 g/mol. The number of hydrogen-bond donors (Lipinski definition) is 2. The minimum atomic E-state index is -0.759. The summed E-state index contributed by atoms with van der Waals surface area (Å²) in [6.07, 6.45) is 2.13. The molecule has 0 saturated heterocycles. The molecule has 1 aromatic carbocycles. The van der Waals surface area contributed by atoms with Gasteiger partial charge in [0.1, 0.15) is 6.61 Å². The molecule has 116 valence electrons. The van der Waals surface area contributed by atoms with Crippen molar-refractivity contribution in [3.05, 3.63) is 35.9 Å². The van der Waals surface area contributed by atoms with E-state index in [9.17, 15) is 9.59 Å². The molecule has 5 heteroatoms. The van der Waals surface area contributed by atoms with Crippen LogP contribution < -0.4 is 5.32 Å². The summed E-state index contributed by atoms with van der Waals surface area (Å²) in [6, 6.07) is 9.51. The second kappa shape index (κ2) is 9.80. The number of nitrogens with one attached hydrogen (secondary N) is 1. The van der Waals surface area contributed by atoms with Crippen molar-refractivity contribution in [2.45, 2.75) is 39.2 Å². The molecule has 0 saturated carbocycles. The summed E-state index contributed by atoms with van der Waals surface area (Å²) in [5.74, 6) is -0.372. The van der Waals surface area contributed by atoms with Crippen LogP contribution in [-0.4, -0.2) is 23.7 Å². The number of carbonyl (C=O) groups is 2. The molecule has 21 heavy (non-hydrogen) atoms. The van der Waals surface area contributed by atoms with Gasteiger partial charge in [-0.2, -0.15) is 0 Å². The predicted molar refractivity (Wildman–Crippen MR) is 79.9 cm³/mol. The minimum absolute atomic E-state index is 0.205. The monoisotopic (exact) mass is 293 g/mol. The predicted octanol–water partition coefficient (Wildman–Crippen LogP) is 3.19. The Labute approximate surface area is 125 Å². The zero-order valence-electron chi connectivity index (χ0n) is 12.4. The first kappa shape index (κ1) is 17.0. The van der Waals surface area contributed by atoms with E-state index in [1.54, 1.807) is 0 Å². The summed E-state index contributed by atoms with van der Waals surface area (Å²) in [5, 5.41) is 11.3. The lowest BCUT2D eigenvalue weighted by Crippen LogP contribution is -2.26. The molecule has 1 rings (SSSR count). The molecule has 1 aromatic rings. The Hall–Kier alpha value is -2.04. The van der Waals surface area contributed by atoms with Gasteiger partial charge in [0.2, 0.25) is 0 Å². The van der Waals surface area contributed by atoms with E-state index in [4.69, 9.17) is 9.84 Å². The van der Waals surface area contributed by atoms with E-state index in [0.717, 1.165) is 18.4 Å². The number of benzene rings is 1. The molecule has 0 fully saturated rings. The van der Waals surface area contributed by atoms with Crippen molar-refractivity contribution < 1.29 is 19.4 Å². The third-order valence-corrected chi connectivity index (χ3v) is 3.21. The van der Waals surface area contributed by atoms with E-state index >= 15 is 0 Å². The summed E-state index contributed by atoms with van der Waals surface area (Å²) in [4.78, 5) is 21.9. The Morgan fingerprint density at radius 3 is 2.62 bits per heavy atom.